The lowest BCUT2D eigenvalue weighted by atomic mass is 10.2. The van der Waals surface area contributed by atoms with E-state index in [1.165, 1.54) is 10.7 Å². The van der Waals surface area contributed by atoms with Crippen LogP contribution in [0, 0.1) is 0 Å². The standard InChI is InChI=1S/C25H22F3N5O4/c26-25(27,28)22-8-4-7-18(30-22)24(36)31-20-11-17-13-33(14-23(35)29-9-10-34)32-19(17)12-21(20)37-15-16-5-2-1-3-6-16/h1-8,11-13,34H,9-10,14-15H2,(H,29,35)(H,31,36). The average molecular weight is 513 g/mol. The van der Waals surface area contributed by atoms with Crippen LogP contribution in [0.15, 0.2) is 66.9 Å². The first-order valence-electron chi connectivity index (χ1n) is 11.1. The number of pyridine rings is 1. The van der Waals surface area contributed by atoms with Crippen LogP contribution in [0.2, 0.25) is 0 Å². The summed E-state index contributed by atoms with van der Waals surface area (Å²) < 4.78 is 46.5. The topological polar surface area (TPSA) is 118 Å². The molecule has 4 aromatic rings. The van der Waals surface area contributed by atoms with Gasteiger partial charge in [-0.15, -0.1) is 0 Å². The number of amides is 2. The monoisotopic (exact) mass is 513 g/mol. The zero-order valence-electron chi connectivity index (χ0n) is 19.3. The quantitative estimate of drug-likeness (QED) is 0.316. The highest BCUT2D eigenvalue weighted by molar-refractivity contribution is 6.05. The predicted molar refractivity (Wildman–Crippen MR) is 128 cm³/mol. The number of aliphatic hydroxyl groups excluding tert-OH is 1. The molecule has 0 aliphatic heterocycles. The molecule has 2 heterocycles. The molecule has 2 aromatic heterocycles. The van der Waals surface area contributed by atoms with Crippen molar-refractivity contribution >= 4 is 28.4 Å². The number of ether oxygens (including phenoxy) is 1. The van der Waals surface area contributed by atoms with Crippen LogP contribution in [0.25, 0.3) is 10.9 Å². The van der Waals surface area contributed by atoms with E-state index in [1.807, 2.05) is 30.3 Å². The van der Waals surface area contributed by atoms with Crippen molar-refractivity contribution in [1.29, 1.82) is 0 Å². The molecule has 0 atom stereocenters. The first-order chi connectivity index (χ1) is 17.7. The second-order valence-electron chi connectivity index (χ2n) is 7.94. The predicted octanol–water partition coefficient (Wildman–Crippen LogP) is 3.39. The molecular formula is C25H22F3N5O4. The maximum Gasteiger partial charge on any atom is 0.433 e. The van der Waals surface area contributed by atoms with Crippen molar-refractivity contribution in [3.8, 4) is 5.75 Å². The molecule has 0 saturated heterocycles. The highest BCUT2D eigenvalue weighted by atomic mass is 19.4. The Morgan fingerprint density at radius 2 is 1.84 bits per heavy atom. The van der Waals surface area contributed by atoms with E-state index in [0.717, 1.165) is 17.7 Å². The summed E-state index contributed by atoms with van der Waals surface area (Å²) in [5.74, 6) is -0.982. The van der Waals surface area contributed by atoms with Crippen LogP contribution in [0.4, 0.5) is 18.9 Å². The van der Waals surface area contributed by atoms with E-state index in [9.17, 15) is 22.8 Å². The molecule has 0 radical (unpaired) electrons. The minimum atomic E-state index is -4.70. The second kappa shape index (κ2) is 11.1. The van der Waals surface area contributed by atoms with Gasteiger partial charge >= 0.3 is 6.18 Å². The molecule has 4 rings (SSSR count). The summed E-state index contributed by atoms with van der Waals surface area (Å²) in [5, 5.41) is 18.9. The van der Waals surface area contributed by atoms with Crippen molar-refractivity contribution in [3.05, 3.63) is 83.8 Å². The third kappa shape index (κ3) is 6.61. The number of anilines is 1. The first-order valence-corrected chi connectivity index (χ1v) is 11.1. The van der Waals surface area contributed by atoms with Crippen LogP contribution >= 0.6 is 0 Å². The van der Waals surface area contributed by atoms with Crippen LogP contribution in [0.1, 0.15) is 21.7 Å². The summed E-state index contributed by atoms with van der Waals surface area (Å²) in [6.07, 6.45) is -3.12. The molecule has 2 aromatic carbocycles. The van der Waals surface area contributed by atoms with Crippen molar-refractivity contribution < 1.29 is 32.6 Å². The SMILES string of the molecule is O=C(Cn1cc2cc(NC(=O)c3cccc(C(F)(F)F)n3)c(OCc3ccccc3)cc2n1)NCCO. The lowest BCUT2D eigenvalue weighted by Crippen LogP contribution is -2.30. The van der Waals surface area contributed by atoms with Crippen LogP contribution in [-0.2, 0) is 24.1 Å². The van der Waals surface area contributed by atoms with Crippen LogP contribution in [0.5, 0.6) is 5.75 Å². The fourth-order valence-electron chi connectivity index (χ4n) is 3.44. The number of carbonyl (C=O) groups is 2. The Bertz CT molecular complexity index is 1410. The molecule has 0 spiro atoms. The van der Waals surface area contributed by atoms with Gasteiger partial charge in [-0.2, -0.15) is 18.3 Å². The number of nitrogens with one attached hydrogen (secondary N) is 2. The lowest BCUT2D eigenvalue weighted by Gasteiger charge is -2.13. The molecule has 37 heavy (non-hydrogen) atoms. The fourth-order valence-corrected chi connectivity index (χ4v) is 3.44. The van der Waals surface area contributed by atoms with Crippen LogP contribution in [-0.4, -0.2) is 44.8 Å². The molecule has 0 bridgehead atoms. The Hall–Kier alpha value is -4.45. The summed E-state index contributed by atoms with van der Waals surface area (Å²) in [5.41, 5.74) is -0.0901. The number of hydrogen-bond donors (Lipinski definition) is 3. The molecule has 0 aliphatic carbocycles. The summed E-state index contributed by atoms with van der Waals surface area (Å²) in [7, 11) is 0. The Morgan fingerprint density at radius 3 is 2.57 bits per heavy atom. The summed E-state index contributed by atoms with van der Waals surface area (Å²) in [6, 6.07) is 15.4. The van der Waals surface area contributed by atoms with Crippen molar-refractivity contribution in [3.63, 3.8) is 0 Å². The molecule has 0 aliphatic rings. The molecule has 0 unspecified atom stereocenters. The van der Waals surface area contributed by atoms with Gasteiger partial charge in [-0.05, 0) is 23.8 Å². The number of benzene rings is 2. The Labute approximate surface area is 208 Å². The zero-order chi connectivity index (χ0) is 26.4. The van der Waals surface area contributed by atoms with E-state index in [4.69, 9.17) is 9.84 Å². The normalized spacial score (nSPS) is 11.4. The maximum atomic E-state index is 13.1. The first kappa shape index (κ1) is 25.6. The zero-order valence-corrected chi connectivity index (χ0v) is 19.3. The van der Waals surface area contributed by atoms with Gasteiger partial charge in [0.05, 0.1) is 17.8 Å². The highest BCUT2D eigenvalue weighted by Gasteiger charge is 2.33. The fraction of sp³-hybridized carbons (Fsp3) is 0.200. The Morgan fingerprint density at radius 1 is 1.05 bits per heavy atom. The van der Waals surface area contributed by atoms with Gasteiger partial charge < -0.3 is 20.5 Å². The maximum absolute atomic E-state index is 13.1. The molecular weight excluding hydrogens is 491 g/mol. The van der Waals surface area contributed by atoms with Crippen molar-refractivity contribution in [2.45, 2.75) is 19.3 Å². The number of carbonyl (C=O) groups excluding carboxylic acids is 2. The van der Waals surface area contributed by atoms with Crippen molar-refractivity contribution in [2.75, 3.05) is 18.5 Å². The number of aliphatic hydroxyl groups is 1. The summed E-state index contributed by atoms with van der Waals surface area (Å²) in [6.45, 7) is -0.0401. The van der Waals surface area contributed by atoms with Gasteiger partial charge in [-0.3, -0.25) is 14.3 Å². The third-order valence-electron chi connectivity index (χ3n) is 5.15. The van der Waals surface area contributed by atoms with E-state index < -0.39 is 23.5 Å². The highest BCUT2D eigenvalue weighted by Crippen LogP contribution is 2.32. The minimum Gasteiger partial charge on any atom is -0.487 e. The Balaban J connectivity index is 1.63. The van der Waals surface area contributed by atoms with Crippen molar-refractivity contribution in [2.24, 2.45) is 0 Å². The van der Waals surface area contributed by atoms with Crippen LogP contribution in [0.3, 0.4) is 0 Å². The number of aromatic nitrogens is 3. The van der Waals surface area contributed by atoms with E-state index in [-0.39, 0.29) is 43.6 Å². The van der Waals surface area contributed by atoms with E-state index in [2.05, 4.69) is 20.7 Å². The number of alkyl halides is 3. The van der Waals surface area contributed by atoms with Crippen LogP contribution < -0.4 is 15.4 Å². The van der Waals surface area contributed by atoms with E-state index in [0.29, 0.717) is 10.9 Å². The summed E-state index contributed by atoms with van der Waals surface area (Å²) >= 11 is 0. The summed E-state index contributed by atoms with van der Waals surface area (Å²) in [4.78, 5) is 28.2. The largest absolute Gasteiger partial charge is 0.487 e. The molecule has 0 saturated carbocycles. The number of rotatable bonds is 9. The van der Waals surface area contributed by atoms with Crippen molar-refractivity contribution in [1.82, 2.24) is 20.1 Å². The average Bonchev–Trinajstić information content (AvgIpc) is 3.27. The van der Waals surface area contributed by atoms with Gasteiger partial charge in [0.2, 0.25) is 5.91 Å². The van der Waals surface area contributed by atoms with Gasteiger partial charge in [-0.1, -0.05) is 36.4 Å². The molecule has 0 fully saturated rings. The van der Waals surface area contributed by atoms with Gasteiger partial charge in [0.15, 0.2) is 0 Å². The number of halogens is 3. The van der Waals surface area contributed by atoms with E-state index >= 15 is 0 Å². The molecule has 192 valence electrons. The minimum absolute atomic E-state index is 0.106. The molecule has 12 heteroatoms. The van der Waals surface area contributed by atoms with E-state index in [1.54, 1.807) is 18.3 Å². The number of fused-ring (bicyclic) bond motifs is 1. The third-order valence-corrected chi connectivity index (χ3v) is 5.15. The second-order valence-corrected chi connectivity index (χ2v) is 7.94. The van der Waals surface area contributed by atoms with Gasteiger partial charge in [0.25, 0.3) is 5.91 Å². The smallest absolute Gasteiger partial charge is 0.433 e. The van der Waals surface area contributed by atoms with Gasteiger partial charge in [0, 0.05) is 24.2 Å². The van der Waals surface area contributed by atoms with Gasteiger partial charge in [-0.25, -0.2) is 4.98 Å². The number of nitrogens with zero attached hydrogens (tertiary/aromatic N) is 3. The van der Waals surface area contributed by atoms with Gasteiger partial charge in [0.1, 0.15) is 30.3 Å². The molecule has 3 N–H and O–H groups in total. The molecule has 2 amide bonds. The molecule has 9 nitrogen and oxygen atoms in total. The number of hydrogen-bond acceptors (Lipinski definition) is 6. The lowest BCUT2D eigenvalue weighted by molar-refractivity contribution is -0.141. The Kier molecular flexibility index (Phi) is 7.68.